The lowest BCUT2D eigenvalue weighted by Crippen LogP contribution is -1.83. The molecule has 0 bridgehead atoms. The summed E-state index contributed by atoms with van der Waals surface area (Å²) in [4.78, 5) is 6.99. The van der Waals surface area contributed by atoms with Crippen molar-refractivity contribution in [2.45, 2.75) is 0 Å². The summed E-state index contributed by atoms with van der Waals surface area (Å²) in [5.41, 5.74) is 5.09. The van der Waals surface area contributed by atoms with E-state index in [1.807, 2.05) is 0 Å². The Morgan fingerprint density at radius 2 is 0.857 bits per heavy atom. The molecule has 3 aromatic rings. The molecule has 3 aromatic carbocycles. The largest absolute Gasteiger partial charge is 0.324 e. The Morgan fingerprint density at radius 1 is 0.571 bits per heavy atom. The Labute approximate surface area is 126 Å². The fourth-order valence-electron chi connectivity index (χ4n) is 2.22. The maximum atomic E-state index is 8.46. The van der Waals surface area contributed by atoms with Gasteiger partial charge in [-0.2, -0.15) is 0 Å². The van der Waals surface area contributed by atoms with Crippen LogP contribution in [0.4, 0.5) is 0 Å². The lowest BCUT2D eigenvalue weighted by atomic mass is 9.95. The summed E-state index contributed by atoms with van der Waals surface area (Å²) in [6, 6.07) is 29.6. The second-order valence-electron chi connectivity index (χ2n) is 4.36. The van der Waals surface area contributed by atoms with Gasteiger partial charge < -0.3 is 4.89 Å². The maximum Gasteiger partial charge on any atom is 0.324 e. The average Bonchev–Trinajstić information content (AvgIpc) is 2.57. The molecule has 0 fully saturated rings. The van der Waals surface area contributed by atoms with Gasteiger partial charge in [0.2, 0.25) is 0 Å². The summed E-state index contributed by atoms with van der Waals surface area (Å²) in [5, 5.41) is 0. The average molecular weight is 294 g/mol. The lowest BCUT2D eigenvalue weighted by Gasteiger charge is -2.09. The van der Waals surface area contributed by atoms with Crippen LogP contribution in [0.25, 0.3) is 22.3 Å². The van der Waals surface area contributed by atoms with E-state index in [1.54, 1.807) is 0 Å². The second kappa shape index (κ2) is 8.11. The molecule has 0 saturated heterocycles. The molecule has 2 nitrogen and oxygen atoms in total. The van der Waals surface area contributed by atoms with E-state index in [0.29, 0.717) is 0 Å². The molecule has 0 aliphatic rings. The van der Waals surface area contributed by atoms with Crippen LogP contribution in [0, 0.1) is 0 Å². The first-order valence-electron chi connectivity index (χ1n) is 6.53. The standard InChI is InChI=1S/C18H14.HO2P/c1-3-9-15(10-4-1)17-13-7-8-14-18(17)16-11-5-2-6-12-16;1-3-2/h1-14H;(H,1,2). The summed E-state index contributed by atoms with van der Waals surface area (Å²) >= 11 is 0. The van der Waals surface area contributed by atoms with Gasteiger partial charge in [-0.3, -0.25) is 0 Å². The lowest BCUT2D eigenvalue weighted by molar-refractivity contribution is 0.524. The molecule has 3 heteroatoms. The van der Waals surface area contributed by atoms with E-state index in [9.17, 15) is 0 Å². The highest BCUT2D eigenvalue weighted by molar-refractivity contribution is 7.16. The predicted molar refractivity (Wildman–Crippen MR) is 87.1 cm³/mol. The van der Waals surface area contributed by atoms with E-state index in [1.165, 1.54) is 22.3 Å². The monoisotopic (exact) mass is 294 g/mol. The van der Waals surface area contributed by atoms with Gasteiger partial charge in [0.1, 0.15) is 0 Å². The summed E-state index contributed by atoms with van der Waals surface area (Å²) in [7, 11) is -0.833. The van der Waals surface area contributed by atoms with Crippen molar-refractivity contribution >= 4 is 8.69 Å². The van der Waals surface area contributed by atoms with E-state index in [0.717, 1.165) is 0 Å². The molecule has 0 atom stereocenters. The van der Waals surface area contributed by atoms with Gasteiger partial charge in [-0.05, 0) is 22.3 Å². The van der Waals surface area contributed by atoms with Crippen LogP contribution in [0.3, 0.4) is 0 Å². The van der Waals surface area contributed by atoms with Crippen molar-refractivity contribution in [1.82, 2.24) is 0 Å². The zero-order valence-corrected chi connectivity index (χ0v) is 12.3. The van der Waals surface area contributed by atoms with Crippen molar-refractivity contribution in [3.63, 3.8) is 0 Å². The first-order chi connectivity index (χ1) is 10.4. The normalized spacial score (nSPS) is 9.76. The van der Waals surface area contributed by atoms with Crippen LogP contribution in [-0.2, 0) is 4.57 Å². The van der Waals surface area contributed by atoms with Crippen molar-refractivity contribution < 1.29 is 9.46 Å². The van der Waals surface area contributed by atoms with E-state index in [-0.39, 0.29) is 0 Å². The van der Waals surface area contributed by atoms with E-state index < -0.39 is 8.69 Å². The Balaban J connectivity index is 0.000000497. The van der Waals surface area contributed by atoms with Crippen LogP contribution in [0.2, 0.25) is 0 Å². The molecule has 0 spiro atoms. The zero-order valence-electron chi connectivity index (χ0n) is 11.4. The summed E-state index contributed by atoms with van der Waals surface area (Å²) in [6.07, 6.45) is 0. The molecule has 0 aromatic heterocycles. The van der Waals surface area contributed by atoms with Crippen molar-refractivity contribution in [1.29, 1.82) is 0 Å². The van der Waals surface area contributed by atoms with Gasteiger partial charge >= 0.3 is 8.69 Å². The highest BCUT2D eigenvalue weighted by atomic mass is 31.1. The van der Waals surface area contributed by atoms with Crippen molar-refractivity contribution in [3.8, 4) is 22.3 Å². The van der Waals surface area contributed by atoms with Crippen LogP contribution < -0.4 is 0 Å². The van der Waals surface area contributed by atoms with Gasteiger partial charge in [0, 0.05) is 0 Å². The first kappa shape index (κ1) is 15.1. The van der Waals surface area contributed by atoms with Gasteiger partial charge in [0.05, 0.1) is 0 Å². The molecule has 1 N–H and O–H groups in total. The zero-order chi connectivity index (χ0) is 14.9. The smallest absolute Gasteiger partial charge is 0.310 e. The highest BCUT2D eigenvalue weighted by Crippen LogP contribution is 2.31. The van der Waals surface area contributed by atoms with Crippen LogP contribution in [0.5, 0.6) is 0 Å². The third-order valence-corrected chi connectivity index (χ3v) is 3.10. The maximum absolute atomic E-state index is 8.46. The quantitative estimate of drug-likeness (QED) is 0.659. The van der Waals surface area contributed by atoms with Crippen LogP contribution in [0.1, 0.15) is 0 Å². The van der Waals surface area contributed by atoms with E-state index in [4.69, 9.17) is 9.46 Å². The molecule has 0 radical (unpaired) electrons. The van der Waals surface area contributed by atoms with Crippen molar-refractivity contribution in [3.05, 3.63) is 84.9 Å². The van der Waals surface area contributed by atoms with Crippen LogP contribution in [0.15, 0.2) is 84.9 Å². The molecular weight excluding hydrogens is 279 g/mol. The molecule has 0 heterocycles. The predicted octanol–water partition coefficient (Wildman–Crippen LogP) is 5.21. The minimum Gasteiger partial charge on any atom is -0.310 e. The Bertz CT molecular complexity index is 623. The number of hydrogen-bond acceptors (Lipinski definition) is 1. The molecule has 0 saturated carbocycles. The van der Waals surface area contributed by atoms with Gasteiger partial charge in [-0.15, -0.1) is 0 Å². The Morgan fingerprint density at radius 3 is 1.19 bits per heavy atom. The van der Waals surface area contributed by atoms with Crippen molar-refractivity contribution in [2.24, 2.45) is 0 Å². The third-order valence-electron chi connectivity index (χ3n) is 3.10. The van der Waals surface area contributed by atoms with Gasteiger partial charge in [-0.1, -0.05) is 84.9 Å². The number of rotatable bonds is 2. The van der Waals surface area contributed by atoms with E-state index in [2.05, 4.69) is 84.9 Å². The summed E-state index contributed by atoms with van der Waals surface area (Å²) in [6.45, 7) is 0. The number of hydrogen-bond donors (Lipinski definition) is 1. The molecule has 104 valence electrons. The van der Waals surface area contributed by atoms with Crippen LogP contribution >= 0.6 is 8.69 Å². The van der Waals surface area contributed by atoms with Crippen molar-refractivity contribution in [2.75, 3.05) is 0 Å². The van der Waals surface area contributed by atoms with Gasteiger partial charge in [0.15, 0.2) is 0 Å². The minimum absolute atomic E-state index is 0.833. The molecule has 0 aliphatic carbocycles. The van der Waals surface area contributed by atoms with Gasteiger partial charge in [-0.25, -0.2) is 4.57 Å². The number of benzene rings is 3. The Hall–Kier alpha value is -2.28. The third kappa shape index (κ3) is 4.09. The highest BCUT2D eigenvalue weighted by Gasteiger charge is 2.05. The molecule has 21 heavy (non-hydrogen) atoms. The molecule has 0 unspecified atom stereocenters. The molecule has 3 rings (SSSR count). The minimum atomic E-state index is -0.833. The molecule has 0 aliphatic heterocycles. The topological polar surface area (TPSA) is 37.3 Å². The SMILES string of the molecule is O=PO.c1ccc(-c2ccccc2-c2ccccc2)cc1. The van der Waals surface area contributed by atoms with Crippen LogP contribution in [-0.4, -0.2) is 4.89 Å². The molecule has 0 amide bonds. The summed E-state index contributed by atoms with van der Waals surface area (Å²) in [5.74, 6) is 0. The van der Waals surface area contributed by atoms with E-state index >= 15 is 0 Å². The van der Waals surface area contributed by atoms with Gasteiger partial charge in [0.25, 0.3) is 0 Å². The fraction of sp³-hybridized carbons (Fsp3) is 0. The fourth-order valence-corrected chi connectivity index (χ4v) is 2.22. The summed E-state index contributed by atoms with van der Waals surface area (Å²) < 4.78 is 8.46. The first-order valence-corrected chi connectivity index (χ1v) is 7.30. The Kier molecular flexibility index (Phi) is 5.83. The molecular formula is C18H15O2P. The second-order valence-corrected chi connectivity index (χ2v) is 4.52.